The molecule has 23 heavy (non-hydrogen) atoms. The van der Waals surface area contributed by atoms with Crippen LogP contribution in [-0.2, 0) is 14.9 Å². The number of nitrogens with two attached hydrogens (primary N) is 1. The Hall–Kier alpha value is -1.17. The minimum absolute atomic E-state index is 0.191. The Bertz CT molecular complexity index is 758. The van der Waals surface area contributed by atoms with Gasteiger partial charge < -0.3 is 10.5 Å². The number of carbonyl (C=O) groups excluding carboxylic acids is 1. The normalized spacial score (nSPS) is 24.7. The van der Waals surface area contributed by atoms with Crippen LogP contribution in [0.1, 0.15) is 31.4 Å². The van der Waals surface area contributed by atoms with E-state index in [0.717, 1.165) is 33.8 Å². The number of methoxy groups -OCH3 is 1. The van der Waals surface area contributed by atoms with Crippen molar-refractivity contribution in [3.63, 3.8) is 0 Å². The van der Waals surface area contributed by atoms with Gasteiger partial charge in [0.1, 0.15) is 0 Å². The molecule has 1 aliphatic carbocycles. The number of amides is 1. The Balaban J connectivity index is 2.05. The number of fused-ring (bicyclic) bond motifs is 1. The van der Waals surface area contributed by atoms with E-state index < -0.39 is 5.41 Å². The molecule has 1 amide bonds. The van der Waals surface area contributed by atoms with Gasteiger partial charge in [0.15, 0.2) is 0 Å². The molecular weight excluding hydrogens is 380 g/mol. The highest BCUT2D eigenvalue weighted by atomic mass is 79.9. The van der Waals surface area contributed by atoms with E-state index in [9.17, 15) is 4.79 Å². The topological polar surface area (TPSA) is 65.2 Å². The van der Waals surface area contributed by atoms with Crippen molar-refractivity contribution < 1.29 is 9.53 Å². The summed E-state index contributed by atoms with van der Waals surface area (Å²) < 4.78 is 6.23. The Kier molecular flexibility index (Phi) is 4.63. The lowest BCUT2D eigenvalue weighted by atomic mass is 9.70. The number of benzene rings is 1. The van der Waals surface area contributed by atoms with Crippen molar-refractivity contribution in [3.8, 4) is 0 Å². The first-order valence-corrected chi connectivity index (χ1v) is 8.71. The summed E-state index contributed by atoms with van der Waals surface area (Å²) in [7, 11) is 1.71. The molecule has 1 heterocycles. The maximum absolute atomic E-state index is 12.2. The van der Waals surface area contributed by atoms with Crippen LogP contribution in [0.25, 0.3) is 10.8 Å². The average molecular weight is 398 g/mol. The fourth-order valence-electron chi connectivity index (χ4n) is 3.35. The van der Waals surface area contributed by atoms with Crippen molar-refractivity contribution in [1.29, 1.82) is 0 Å². The van der Waals surface area contributed by atoms with Crippen LogP contribution < -0.4 is 5.73 Å². The molecule has 1 aliphatic rings. The van der Waals surface area contributed by atoms with E-state index in [4.69, 9.17) is 22.1 Å². The summed E-state index contributed by atoms with van der Waals surface area (Å²) in [5, 5.41) is 2.56. The van der Waals surface area contributed by atoms with Crippen LogP contribution in [-0.4, -0.2) is 24.1 Å². The number of hydrogen-bond donors (Lipinski definition) is 1. The first kappa shape index (κ1) is 16.7. The molecule has 1 aromatic heterocycles. The molecule has 0 atom stereocenters. The smallest absolute Gasteiger partial charge is 0.229 e. The van der Waals surface area contributed by atoms with Gasteiger partial charge in [-0.2, -0.15) is 0 Å². The summed E-state index contributed by atoms with van der Waals surface area (Å²) in [6.45, 7) is 0. The Labute approximate surface area is 148 Å². The monoisotopic (exact) mass is 396 g/mol. The molecule has 1 fully saturated rings. The van der Waals surface area contributed by atoms with Gasteiger partial charge in [-0.05, 0) is 65.2 Å². The van der Waals surface area contributed by atoms with Crippen molar-refractivity contribution in [2.75, 3.05) is 7.11 Å². The predicted octanol–water partition coefficient (Wildman–Crippen LogP) is 3.96. The van der Waals surface area contributed by atoms with Crippen LogP contribution >= 0.6 is 27.5 Å². The third-order valence-corrected chi connectivity index (χ3v) is 6.04. The number of rotatable bonds is 3. The van der Waals surface area contributed by atoms with Crippen molar-refractivity contribution in [3.05, 3.63) is 39.6 Å². The van der Waals surface area contributed by atoms with E-state index in [2.05, 4.69) is 20.9 Å². The minimum atomic E-state index is -0.713. The number of aromatic nitrogens is 1. The number of nitrogens with zero attached hydrogens (tertiary/aromatic N) is 1. The average Bonchev–Trinajstić information content (AvgIpc) is 2.55. The van der Waals surface area contributed by atoms with Gasteiger partial charge in [0, 0.05) is 23.2 Å². The van der Waals surface area contributed by atoms with E-state index in [1.807, 2.05) is 18.2 Å². The Morgan fingerprint density at radius 1 is 1.35 bits per heavy atom. The molecule has 4 nitrogen and oxygen atoms in total. The number of hydrogen-bond acceptors (Lipinski definition) is 3. The van der Waals surface area contributed by atoms with Gasteiger partial charge >= 0.3 is 0 Å². The summed E-state index contributed by atoms with van der Waals surface area (Å²) in [5.41, 5.74) is 5.79. The molecule has 2 aromatic rings. The Morgan fingerprint density at radius 2 is 2.04 bits per heavy atom. The van der Waals surface area contributed by atoms with Crippen molar-refractivity contribution >= 4 is 44.2 Å². The van der Waals surface area contributed by atoms with Crippen LogP contribution in [0, 0.1) is 0 Å². The second-order valence-corrected chi connectivity index (χ2v) is 7.33. The molecular formula is C17H18BrClN2O2. The fourth-order valence-corrected chi connectivity index (χ4v) is 3.88. The first-order valence-electron chi connectivity index (χ1n) is 7.54. The van der Waals surface area contributed by atoms with Crippen molar-refractivity contribution in [2.45, 2.75) is 37.2 Å². The zero-order chi connectivity index (χ0) is 16.6. The largest absolute Gasteiger partial charge is 0.381 e. The van der Waals surface area contributed by atoms with E-state index in [0.29, 0.717) is 17.9 Å². The van der Waals surface area contributed by atoms with E-state index >= 15 is 0 Å². The molecule has 0 aliphatic heterocycles. The maximum atomic E-state index is 12.2. The van der Waals surface area contributed by atoms with Gasteiger partial charge in [0.2, 0.25) is 5.91 Å². The van der Waals surface area contributed by atoms with Crippen LogP contribution in [0.3, 0.4) is 0 Å². The van der Waals surface area contributed by atoms with Gasteiger partial charge in [-0.25, -0.2) is 0 Å². The number of pyridine rings is 1. The quantitative estimate of drug-likeness (QED) is 0.852. The molecule has 6 heteroatoms. The molecule has 1 saturated carbocycles. The number of primary amides is 1. The summed E-state index contributed by atoms with van der Waals surface area (Å²) in [4.78, 5) is 16.8. The molecule has 3 rings (SSSR count). The van der Waals surface area contributed by atoms with Crippen LogP contribution in [0.5, 0.6) is 0 Å². The molecule has 2 N–H and O–H groups in total. The van der Waals surface area contributed by atoms with Crippen molar-refractivity contribution in [1.82, 2.24) is 4.98 Å². The lowest BCUT2D eigenvalue weighted by Crippen LogP contribution is -2.45. The van der Waals surface area contributed by atoms with Crippen LogP contribution in [0.15, 0.2) is 28.9 Å². The molecule has 0 radical (unpaired) electrons. The van der Waals surface area contributed by atoms with E-state index in [1.165, 1.54) is 0 Å². The van der Waals surface area contributed by atoms with Crippen LogP contribution in [0.2, 0.25) is 5.02 Å². The maximum Gasteiger partial charge on any atom is 0.229 e. The molecule has 0 unspecified atom stereocenters. The summed E-state index contributed by atoms with van der Waals surface area (Å²) in [5.74, 6) is -0.313. The van der Waals surface area contributed by atoms with Crippen LogP contribution in [0.4, 0.5) is 0 Å². The molecule has 122 valence electrons. The summed E-state index contributed by atoms with van der Waals surface area (Å²) >= 11 is 9.56. The van der Waals surface area contributed by atoms with E-state index in [-0.39, 0.29) is 12.0 Å². The highest BCUT2D eigenvalue weighted by Gasteiger charge is 2.43. The third kappa shape index (κ3) is 2.97. The third-order valence-electron chi connectivity index (χ3n) is 4.84. The highest BCUT2D eigenvalue weighted by Crippen LogP contribution is 2.40. The van der Waals surface area contributed by atoms with E-state index in [1.54, 1.807) is 13.3 Å². The zero-order valence-corrected chi connectivity index (χ0v) is 15.2. The Morgan fingerprint density at radius 3 is 2.65 bits per heavy atom. The van der Waals surface area contributed by atoms with Crippen molar-refractivity contribution in [2.24, 2.45) is 5.73 Å². The number of ether oxygens (including phenoxy) is 1. The lowest BCUT2D eigenvalue weighted by molar-refractivity contribution is -0.126. The van der Waals surface area contributed by atoms with Gasteiger partial charge in [0.25, 0.3) is 0 Å². The van der Waals surface area contributed by atoms with Gasteiger partial charge in [-0.15, -0.1) is 0 Å². The predicted molar refractivity (Wildman–Crippen MR) is 94.6 cm³/mol. The highest BCUT2D eigenvalue weighted by molar-refractivity contribution is 9.10. The minimum Gasteiger partial charge on any atom is -0.381 e. The first-order chi connectivity index (χ1) is 11.0. The molecule has 0 bridgehead atoms. The SMILES string of the molecule is COC1CCC(C(N)=O)(c2cc3cc(Br)c(Cl)cc3cn2)CC1. The molecule has 0 saturated heterocycles. The lowest BCUT2D eigenvalue weighted by Gasteiger charge is -2.36. The molecule has 1 aromatic carbocycles. The number of halogens is 2. The standard InChI is InChI=1S/C17H18BrClN2O2/c1-23-12-2-4-17(5-3-12,16(20)22)15-8-10-6-13(18)14(19)7-11(10)9-21-15/h6-9,12H,2-5H2,1H3,(H2,20,22). The zero-order valence-electron chi connectivity index (χ0n) is 12.8. The number of carbonyl (C=O) groups is 1. The van der Waals surface area contributed by atoms with Gasteiger partial charge in [-0.3, -0.25) is 9.78 Å². The summed E-state index contributed by atoms with van der Waals surface area (Å²) in [6, 6.07) is 5.75. The summed E-state index contributed by atoms with van der Waals surface area (Å²) in [6.07, 6.45) is 4.89. The molecule has 0 spiro atoms. The van der Waals surface area contributed by atoms with Gasteiger partial charge in [-0.1, -0.05) is 11.6 Å². The second-order valence-electron chi connectivity index (χ2n) is 6.06. The fraction of sp³-hybridized carbons (Fsp3) is 0.412. The van der Waals surface area contributed by atoms with Gasteiger partial charge in [0.05, 0.1) is 22.2 Å². The second kappa shape index (κ2) is 6.38.